The second kappa shape index (κ2) is 4.23. The molecular weight excluding hydrogens is 260 g/mol. The highest BCUT2D eigenvalue weighted by Gasteiger charge is 2.54. The van der Waals surface area contributed by atoms with Gasteiger partial charge in [0.2, 0.25) is 0 Å². The smallest absolute Gasteiger partial charge is 0.134 e. The molecular formula is C15H20OS2. The second-order valence-electron chi connectivity index (χ2n) is 5.87. The zero-order chi connectivity index (χ0) is 12.9. The molecule has 3 aliphatic rings. The van der Waals surface area contributed by atoms with Crippen LogP contribution in [0.5, 0.6) is 0 Å². The monoisotopic (exact) mass is 280 g/mol. The van der Waals surface area contributed by atoms with E-state index in [1.165, 1.54) is 17.1 Å². The molecule has 18 heavy (non-hydrogen) atoms. The van der Waals surface area contributed by atoms with Crippen molar-refractivity contribution in [1.82, 2.24) is 0 Å². The lowest BCUT2D eigenvalue weighted by Gasteiger charge is -2.51. The van der Waals surface area contributed by atoms with Crippen molar-refractivity contribution in [2.75, 3.05) is 11.5 Å². The number of thioether (sulfide) groups is 2. The average Bonchev–Trinajstić information content (AvgIpc) is 2.81. The van der Waals surface area contributed by atoms with Crippen LogP contribution in [-0.2, 0) is 0 Å². The van der Waals surface area contributed by atoms with Crippen molar-refractivity contribution in [2.45, 2.75) is 48.7 Å². The summed E-state index contributed by atoms with van der Waals surface area (Å²) in [6.07, 6.45) is 13.2. The van der Waals surface area contributed by atoms with Crippen LogP contribution in [0.4, 0.5) is 0 Å². The summed E-state index contributed by atoms with van der Waals surface area (Å²) in [5.74, 6) is 5.21. The van der Waals surface area contributed by atoms with Crippen LogP contribution >= 0.6 is 23.5 Å². The molecule has 0 aromatic rings. The Labute approximate surface area is 118 Å². The molecule has 2 fully saturated rings. The Kier molecular flexibility index (Phi) is 3.05. The van der Waals surface area contributed by atoms with Gasteiger partial charge in [-0.25, -0.2) is 0 Å². The number of terminal acetylenes is 1. The predicted octanol–water partition coefficient (Wildman–Crippen LogP) is 3.44. The molecule has 0 unspecified atom stereocenters. The Bertz CT molecular complexity index is 430. The first-order valence-electron chi connectivity index (χ1n) is 6.74. The van der Waals surface area contributed by atoms with Crippen molar-refractivity contribution in [2.24, 2.45) is 5.41 Å². The van der Waals surface area contributed by atoms with E-state index >= 15 is 0 Å². The van der Waals surface area contributed by atoms with E-state index in [0.29, 0.717) is 4.08 Å². The molecule has 1 spiro atoms. The van der Waals surface area contributed by atoms with Gasteiger partial charge in [-0.3, -0.25) is 0 Å². The van der Waals surface area contributed by atoms with Gasteiger partial charge < -0.3 is 5.11 Å². The Balaban J connectivity index is 2.01. The molecule has 1 aliphatic heterocycles. The summed E-state index contributed by atoms with van der Waals surface area (Å²) >= 11 is 4.16. The third kappa shape index (κ3) is 1.69. The van der Waals surface area contributed by atoms with Gasteiger partial charge >= 0.3 is 0 Å². The van der Waals surface area contributed by atoms with Gasteiger partial charge in [0.25, 0.3) is 0 Å². The van der Waals surface area contributed by atoms with E-state index < -0.39 is 5.60 Å². The van der Waals surface area contributed by atoms with Crippen molar-refractivity contribution in [3.8, 4) is 12.3 Å². The topological polar surface area (TPSA) is 20.2 Å². The van der Waals surface area contributed by atoms with Crippen LogP contribution < -0.4 is 0 Å². The predicted molar refractivity (Wildman–Crippen MR) is 80.7 cm³/mol. The van der Waals surface area contributed by atoms with Crippen LogP contribution in [-0.4, -0.2) is 26.3 Å². The van der Waals surface area contributed by atoms with Gasteiger partial charge in [0, 0.05) is 16.9 Å². The minimum absolute atomic E-state index is 0.186. The van der Waals surface area contributed by atoms with E-state index in [9.17, 15) is 5.11 Å². The van der Waals surface area contributed by atoms with Crippen molar-refractivity contribution in [1.29, 1.82) is 0 Å². The van der Waals surface area contributed by atoms with E-state index in [1.807, 2.05) is 0 Å². The molecule has 0 amide bonds. The minimum atomic E-state index is -0.924. The minimum Gasteiger partial charge on any atom is -0.377 e. The van der Waals surface area contributed by atoms with E-state index in [1.54, 1.807) is 0 Å². The van der Waals surface area contributed by atoms with Gasteiger partial charge in [0.1, 0.15) is 5.60 Å². The van der Waals surface area contributed by atoms with E-state index in [2.05, 4.69) is 42.4 Å². The van der Waals surface area contributed by atoms with Crippen molar-refractivity contribution in [3.63, 3.8) is 0 Å². The van der Waals surface area contributed by atoms with Crippen molar-refractivity contribution < 1.29 is 5.11 Å². The quantitative estimate of drug-likeness (QED) is 0.542. The first-order chi connectivity index (χ1) is 8.54. The number of rotatable bonds is 0. The van der Waals surface area contributed by atoms with Crippen LogP contribution in [0.25, 0.3) is 0 Å². The van der Waals surface area contributed by atoms with Crippen LogP contribution in [0.2, 0.25) is 0 Å². The van der Waals surface area contributed by atoms with Gasteiger partial charge in [-0.1, -0.05) is 24.5 Å². The van der Waals surface area contributed by atoms with Gasteiger partial charge in [0.15, 0.2) is 0 Å². The van der Waals surface area contributed by atoms with Gasteiger partial charge in [-0.2, -0.15) is 0 Å². The van der Waals surface area contributed by atoms with Crippen molar-refractivity contribution >= 4 is 23.5 Å². The lowest BCUT2D eigenvalue weighted by molar-refractivity contribution is -0.0362. The Hall–Kier alpha value is -0.0400. The Morgan fingerprint density at radius 1 is 1.28 bits per heavy atom. The summed E-state index contributed by atoms with van der Waals surface area (Å²) in [7, 11) is 0. The summed E-state index contributed by atoms with van der Waals surface area (Å²) < 4.78 is 0.293. The van der Waals surface area contributed by atoms with E-state index in [-0.39, 0.29) is 5.41 Å². The lowest BCUT2D eigenvalue weighted by Crippen LogP contribution is -2.51. The fourth-order valence-corrected chi connectivity index (χ4v) is 6.78. The summed E-state index contributed by atoms with van der Waals surface area (Å²) in [5, 5.41) is 10.8. The molecule has 1 N–H and O–H groups in total. The fourth-order valence-electron chi connectivity index (χ4n) is 3.64. The highest BCUT2D eigenvalue weighted by atomic mass is 32.2. The Morgan fingerprint density at radius 3 is 2.67 bits per heavy atom. The first-order valence-corrected chi connectivity index (χ1v) is 8.71. The van der Waals surface area contributed by atoms with E-state index in [0.717, 1.165) is 32.1 Å². The highest BCUT2D eigenvalue weighted by Crippen LogP contribution is 2.60. The molecule has 1 saturated heterocycles. The van der Waals surface area contributed by atoms with Crippen LogP contribution in [0.1, 0.15) is 39.0 Å². The molecule has 0 radical (unpaired) electrons. The summed E-state index contributed by atoms with van der Waals surface area (Å²) in [6.45, 7) is 2.18. The summed E-state index contributed by atoms with van der Waals surface area (Å²) in [6, 6.07) is 0. The normalized spacial score (nSPS) is 42.2. The number of aliphatic hydroxyl groups is 1. The molecule has 0 aromatic heterocycles. The van der Waals surface area contributed by atoms with Gasteiger partial charge in [0.05, 0.1) is 4.08 Å². The molecule has 98 valence electrons. The fraction of sp³-hybridized carbons (Fsp3) is 0.733. The zero-order valence-corrected chi connectivity index (χ0v) is 12.5. The van der Waals surface area contributed by atoms with Crippen molar-refractivity contribution in [3.05, 3.63) is 11.6 Å². The Morgan fingerprint density at radius 2 is 2.00 bits per heavy atom. The number of fused-ring (bicyclic) bond motifs is 1. The molecule has 2 aliphatic carbocycles. The lowest BCUT2D eigenvalue weighted by atomic mass is 9.57. The second-order valence-corrected chi connectivity index (χ2v) is 8.98. The van der Waals surface area contributed by atoms with Crippen LogP contribution in [0, 0.1) is 17.8 Å². The van der Waals surface area contributed by atoms with Gasteiger partial charge in [-0.05, 0) is 32.1 Å². The molecule has 1 nitrogen and oxygen atoms in total. The van der Waals surface area contributed by atoms with Crippen LogP contribution in [0.15, 0.2) is 11.6 Å². The maximum absolute atomic E-state index is 10.8. The first kappa shape index (κ1) is 13.0. The largest absolute Gasteiger partial charge is 0.377 e. The van der Waals surface area contributed by atoms with E-state index in [4.69, 9.17) is 6.42 Å². The molecule has 0 bridgehead atoms. The maximum Gasteiger partial charge on any atom is 0.134 e. The molecule has 2 atom stereocenters. The zero-order valence-electron chi connectivity index (χ0n) is 10.9. The molecule has 1 heterocycles. The molecule has 3 heteroatoms. The number of hydrogen-bond donors (Lipinski definition) is 1. The summed E-state index contributed by atoms with van der Waals surface area (Å²) in [5.41, 5.74) is 0.309. The molecule has 3 rings (SSSR count). The highest BCUT2D eigenvalue weighted by molar-refractivity contribution is 8.21. The average molecular weight is 280 g/mol. The third-order valence-corrected chi connectivity index (χ3v) is 8.39. The SMILES string of the molecule is C#C[C@@]1(O)CCCC2=CC3(CC[C@]21C)SCCS3. The summed E-state index contributed by atoms with van der Waals surface area (Å²) in [4.78, 5) is 0. The molecule has 1 saturated carbocycles. The standard InChI is InChI=1S/C15H20OS2/c1-3-14(16)6-4-5-12-11-15(17-9-10-18-15)8-7-13(12,14)2/h1,11,16H,4-10H2,2H3/t13-,14-/m1/s1. The van der Waals surface area contributed by atoms with Gasteiger partial charge in [-0.15, -0.1) is 29.9 Å². The van der Waals surface area contributed by atoms with Crippen LogP contribution in [0.3, 0.4) is 0 Å². The number of hydrogen-bond acceptors (Lipinski definition) is 3. The third-order valence-electron chi connectivity index (χ3n) is 4.99. The molecule has 0 aromatic carbocycles. The maximum atomic E-state index is 10.8.